The Balaban J connectivity index is 0.000000158. The highest BCUT2D eigenvalue weighted by Gasteiger charge is 2.54. The summed E-state index contributed by atoms with van der Waals surface area (Å²) >= 11 is 0. The number of aliphatic carboxylic acids is 1. The van der Waals surface area contributed by atoms with E-state index in [0.717, 1.165) is 118 Å². The number of rotatable bonds is 14. The predicted molar refractivity (Wildman–Crippen MR) is 353 cm³/mol. The van der Waals surface area contributed by atoms with Gasteiger partial charge in [0.25, 0.3) is 0 Å². The van der Waals surface area contributed by atoms with E-state index in [1.807, 2.05) is 0 Å². The Morgan fingerprint density at radius 1 is 0.548 bits per heavy atom. The fourth-order valence-electron chi connectivity index (χ4n) is 21.6. The molecule has 1 heterocycles. The Morgan fingerprint density at radius 3 is 1.25 bits per heavy atom. The van der Waals surface area contributed by atoms with Gasteiger partial charge in [0, 0.05) is 45.6 Å². The quantitative estimate of drug-likeness (QED) is 0.0713. The molecule has 13 fully saturated rings. The Morgan fingerprint density at radius 2 is 0.914 bits per heavy atom. The minimum absolute atomic E-state index is 0. The molecule has 0 aromatic heterocycles. The number of hydrogen-bond acceptors (Lipinski definition) is 16. The fraction of sp³-hybridized carbons (Fsp3) is 0.914. The van der Waals surface area contributed by atoms with Crippen LogP contribution in [0.3, 0.4) is 0 Å². The Labute approximate surface area is 557 Å². The minimum Gasteiger partial charge on any atom is -0.481 e. The van der Waals surface area contributed by atoms with Crippen molar-refractivity contribution < 1.29 is 58.6 Å². The lowest BCUT2D eigenvalue weighted by molar-refractivity contribution is -0.500. The van der Waals surface area contributed by atoms with Crippen molar-refractivity contribution in [2.75, 3.05) is 39.3 Å². The Bertz CT molecular complexity index is 2470. The summed E-state index contributed by atoms with van der Waals surface area (Å²) in [5.74, 6) is 7.21. The molecule has 0 radical (unpaired) electrons. The van der Waals surface area contributed by atoms with E-state index >= 15 is 0 Å². The van der Waals surface area contributed by atoms with Crippen molar-refractivity contribution in [2.45, 2.75) is 275 Å². The van der Waals surface area contributed by atoms with Crippen LogP contribution in [0.4, 0.5) is 0 Å². The number of nitrogens with two attached hydrogens (primary N) is 1. The minimum atomic E-state index is -0.997. The van der Waals surface area contributed by atoms with Crippen molar-refractivity contribution in [1.29, 1.82) is 0 Å². The number of aliphatic hydroxyl groups is 1. The van der Waals surface area contributed by atoms with E-state index in [-0.39, 0.29) is 76.0 Å². The summed E-state index contributed by atoms with van der Waals surface area (Å²) in [7, 11) is 0. The third kappa shape index (κ3) is 22.0. The maximum absolute atomic E-state index is 11.7. The zero-order valence-electron chi connectivity index (χ0n) is 56.2. The highest BCUT2D eigenvalue weighted by atomic mass is 35.5. The van der Waals surface area contributed by atoms with Crippen LogP contribution in [0.15, 0.2) is 11.8 Å². The summed E-state index contributed by atoms with van der Waals surface area (Å²) in [5, 5.41) is 64.4. The Kier molecular flexibility index (Phi) is 28.2. The molecule has 528 valence electrons. The van der Waals surface area contributed by atoms with Gasteiger partial charge in [-0.1, -0.05) is 141 Å². The highest BCUT2D eigenvalue weighted by molar-refractivity contribution is 5.85. The molecule has 0 aromatic rings. The van der Waals surface area contributed by atoms with E-state index in [2.05, 4.69) is 5.32 Å². The lowest BCUT2D eigenvalue weighted by Crippen LogP contribution is -2.39. The zero-order chi connectivity index (χ0) is 66.3. The van der Waals surface area contributed by atoms with Crippen molar-refractivity contribution >= 4 is 36.2 Å². The van der Waals surface area contributed by atoms with Gasteiger partial charge in [0.05, 0.1) is 24.4 Å². The summed E-state index contributed by atoms with van der Waals surface area (Å²) in [6.45, 7) is 4.39. The van der Waals surface area contributed by atoms with Crippen molar-refractivity contribution in [2.24, 2.45) is 93.0 Å². The number of carbonyl (C=O) groups is 4. The van der Waals surface area contributed by atoms with Crippen LogP contribution in [-0.2, 0) is 28.7 Å². The molecular formula is C70H115ClN6O16. The molecule has 13 rings (SSSR count). The summed E-state index contributed by atoms with van der Waals surface area (Å²) in [4.78, 5) is 86.2. The second-order valence-corrected chi connectivity index (χ2v) is 32.0. The zero-order valence-corrected chi connectivity index (χ0v) is 57.0. The molecule has 1 saturated heterocycles. The van der Waals surface area contributed by atoms with Crippen LogP contribution in [0.5, 0.6) is 0 Å². The third-order valence-electron chi connectivity index (χ3n) is 25.1. The van der Waals surface area contributed by atoms with Gasteiger partial charge < -0.3 is 30.7 Å². The fourth-order valence-corrected chi connectivity index (χ4v) is 21.6. The van der Waals surface area contributed by atoms with Gasteiger partial charge >= 0.3 is 17.9 Å². The van der Waals surface area contributed by atoms with Crippen LogP contribution in [0.25, 0.3) is 0 Å². The number of hydrogen-bond donors (Lipinski definition) is 4. The maximum atomic E-state index is 11.7. The van der Waals surface area contributed by atoms with Crippen LogP contribution in [0.2, 0.25) is 0 Å². The number of nitrogens with one attached hydrogen (secondary N) is 1. The highest BCUT2D eigenvalue weighted by Crippen LogP contribution is 2.57. The molecule has 0 bridgehead atoms. The van der Waals surface area contributed by atoms with E-state index in [1.165, 1.54) is 154 Å². The van der Waals surface area contributed by atoms with Crippen molar-refractivity contribution in [1.82, 2.24) is 5.32 Å². The van der Waals surface area contributed by atoms with E-state index in [4.69, 9.17) is 20.3 Å². The topological polar surface area (TPSA) is 338 Å². The number of halogens is 1. The lowest BCUT2D eigenvalue weighted by atomic mass is 9.81. The molecule has 0 aromatic carbocycles. The summed E-state index contributed by atoms with van der Waals surface area (Å²) < 4.78 is 10.3. The van der Waals surface area contributed by atoms with Crippen LogP contribution >= 0.6 is 12.4 Å². The van der Waals surface area contributed by atoms with Crippen LogP contribution in [-0.4, -0.2) is 104 Å². The molecule has 23 heteroatoms. The second-order valence-electron chi connectivity index (χ2n) is 32.0. The number of nitrogens with zero attached hydrogens (tertiary/aromatic N) is 4. The lowest BCUT2D eigenvalue weighted by Gasteiger charge is -2.25. The van der Waals surface area contributed by atoms with E-state index in [1.54, 1.807) is 6.92 Å². The van der Waals surface area contributed by atoms with Gasteiger partial charge in [-0.3, -0.25) is 59.6 Å². The first kappa shape index (κ1) is 75.8. The second kappa shape index (κ2) is 34.6. The molecule has 12 saturated carbocycles. The van der Waals surface area contributed by atoms with E-state index in [0.29, 0.717) is 85.7 Å². The number of nitro groups is 4. The van der Waals surface area contributed by atoms with Gasteiger partial charge in [0.15, 0.2) is 5.60 Å². The molecule has 5 N–H and O–H groups in total. The smallest absolute Gasteiger partial charge is 0.306 e. The molecule has 1 spiro atoms. The first-order chi connectivity index (χ1) is 43.8. The van der Waals surface area contributed by atoms with Gasteiger partial charge in [-0.05, 0) is 185 Å². The van der Waals surface area contributed by atoms with E-state index in [9.17, 15) is 64.7 Å². The molecule has 22 nitrogen and oxygen atoms in total. The molecule has 12 aliphatic carbocycles. The van der Waals surface area contributed by atoms with Gasteiger partial charge in [-0.15, -0.1) is 12.4 Å². The van der Waals surface area contributed by atoms with Crippen LogP contribution in [0.1, 0.15) is 264 Å². The SMILES string of the molecule is CC(=O)OC1(C[N+](=O)[O-])C[C@H]2CCCC[C@H]2C1.CCOC(=O)CC1(C[N+](=O)[O-])C[C@H]2CCCC[C@H]2C1.Cl.NCC1(CC(=O)O)C[C@H]2CCCC[C@H]2C1.O=C1CC2(CN1)C[C@H]1CCCC[C@H]1C2.O=[N+]([O-])C=C1C[C@H]2CCCC[C@H]2C1.O=[N+]([O-])CC1(O)C[C@H]2CCCC[C@H]2C1. The number of fused-ring (bicyclic) bond motifs is 6. The largest absolute Gasteiger partial charge is 0.481 e. The average Bonchev–Trinajstić information content (AvgIpc) is 1.67. The number of allylic oxidation sites excluding steroid dienone is 1. The summed E-state index contributed by atoms with van der Waals surface area (Å²) in [6, 6.07) is 0. The number of esters is 2. The number of ether oxygens (including phenoxy) is 2. The van der Waals surface area contributed by atoms with Gasteiger partial charge in [0.2, 0.25) is 31.7 Å². The normalized spacial score (nSPS) is 38.4. The summed E-state index contributed by atoms with van der Waals surface area (Å²) in [6.07, 6.45) is 44.1. The number of amides is 1. The third-order valence-corrected chi connectivity index (χ3v) is 25.1. The standard InChI is InChI=1S/C14H23NO4.C12H19NO4.C12H21NO2.C12H19NO.C10H17NO3.C10H15NO2.ClH/c1-2-19-13(16)9-14(10-15(17)18)7-11-5-3-4-6-12(11)8-14;1-9(14)17-12(8-13(15)16)6-10-4-2-3-5-11(10)7-12;13-8-12(7-11(14)15)5-9-3-1-2-4-10(9)6-12;14-11-7-12(8-13-11)5-9-3-1-2-4-10(9)6-12;12-10(7-11(13)14)5-8-3-1-2-4-9(8)6-10;12-11(13)7-8-5-9-3-1-2-4-10(9)6-8;/h11-12H,2-10H2,1H3;10-11H,2-8H2,1H3;9-10H,1-8,13H2,(H,14,15);9-10H,1-8H2,(H,13,14);8-9,12H,1-7H2;7,9-10H,1-6H2;1H/t11-,12+,14?;10-,11+,12?;2*9-,10+,12?;8-,9+,10?;9-,10+;. The van der Waals surface area contributed by atoms with Gasteiger partial charge in [-0.2, -0.15) is 0 Å². The number of carboxylic acids is 1. The molecule has 5 unspecified atom stereocenters. The summed E-state index contributed by atoms with van der Waals surface area (Å²) in [5.41, 5.74) is 4.92. The molecule has 93 heavy (non-hydrogen) atoms. The van der Waals surface area contributed by atoms with E-state index < -0.39 is 28.6 Å². The Hall–Kier alpha value is -4.57. The number of carbonyl (C=O) groups excluding carboxylic acids is 3. The average molecular weight is 1330 g/mol. The molecule has 1 aliphatic heterocycles. The van der Waals surface area contributed by atoms with Crippen LogP contribution in [0, 0.1) is 128 Å². The molecular weight excluding hydrogens is 1220 g/mol. The predicted octanol–water partition coefficient (Wildman–Crippen LogP) is 13.8. The van der Waals surface area contributed by atoms with Gasteiger partial charge in [0.1, 0.15) is 5.60 Å². The van der Waals surface area contributed by atoms with Crippen molar-refractivity contribution in [3.05, 3.63) is 52.2 Å². The van der Waals surface area contributed by atoms with Crippen LogP contribution < -0.4 is 11.1 Å². The van der Waals surface area contributed by atoms with Crippen molar-refractivity contribution in [3.63, 3.8) is 0 Å². The first-order valence-electron chi connectivity index (χ1n) is 36.3. The van der Waals surface area contributed by atoms with Crippen molar-refractivity contribution in [3.8, 4) is 0 Å². The van der Waals surface area contributed by atoms with Gasteiger partial charge in [-0.25, -0.2) is 0 Å². The molecule has 1 amide bonds. The number of carboxylic acid groups (broad SMARTS) is 1. The first-order valence-corrected chi connectivity index (χ1v) is 36.3. The molecule has 13 aliphatic rings. The molecule has 17 atom stereocenters. The monoisotopic (exact) mass is 1330 g/mol. The maximum Gasteiger partial charge on any atom is 0.306 e.